The zero-order valence-electron chi connectivity index (χ0n) is 8.95. The maximum Gasteiger partial charge on any atom is 0.337 e. The van der Waals surface area contributed by atoms with Gasteiger partial charge in [-0.15, -0.1) is 0 Å². The van der Waals surface area contributed by atoms with Crippen molar-refractivity contribution >= 4 is 28.5 Å². The summed E-state index contributed by atoms with van der Waals surface area (Å²) in [5.74, 6) is -0.362. The van der Waals surface area contributed by atoms with Gasteiger partial charge in [-0.25, -0.2) is 4.79 Å². The zero-order chi connectivity index (χ0) is 11.7. The van der Waals surface area contributed by atoms with E-state index < -0.39 is 0 Å². The molecule has 0 aliphatic rings. The third kappa shape index (κ3) is 1.86. The first-order valence-electron chi connectivity index (χ1n) is 4.77. The van der Waals surface area contributed by atoms with Crippen molar-refractivity contribution in [2.24, 2.45) is 0 Å². The van der Waals surface area contributed by atoms with Crippen molar-refractivity contribution in [2.75, 3.05) is 7.11 Å². The maximum atomic E-state index is 11.3. The van der Waals surface area contributed by atoms with Crippen molar-refractivity contribution in [3.63, 3.8) is 0 Å². The van der Waals surface area contributed by atoms with Crippen LogP contribution in [0.2, 0.25) is 5.02 Å². The molecule has 0 unspecified atom stereocenters. The molecule has 0 aliphatic carbocycles. The number of nitrogens with zero attached hydrogens (tertiary/aromatic N) is 1. The van der Waals surface area contributed by atoms with Crippen molar-refractivity contribution in [3.8, 4) is 0 Å². The van der Waals surface area contributed by atoms with Crippen molar-refractivity contribution in [1.82, 2.24) is 4.98 Å². The number of rotatable bonds is 1. The van der Waals surface area contributed by atoms with Crippen molar-refractivity contribution in [1.29, 1.82) is 0 Å². The first-order chi connectivity index (χ1) is 7.61. The number of esters is 1. The lowest BCUT2D eigenvalue weighted by Crippen LogP contribution is -2.00. The molecule has 2 rings (SSSR count). The van der Waals surface area contributed by atoms with Crippen LogP contribution in [0.4, 0.5) is 0 Å². The van der Waals surface area contributed by atoms with E-state index in [2.05, 4.69) is 9.72 Å². The van der Waals surface area contributed by atoms with E-state index >= 15 is 0 Å². The molecule has 3 nitrogen and oxygen atoms in total. The van der Waals surface area contributed by atoms with Gasteiger partial charge in [0.05, 0.1) is 28.9 Å². The van der Waals surface area contributed by atoms with Gasteiger partial charge in [0.1, 0.15) is 0 Å². The smallest absolute Gasteiger partial charge is 0.337 e. The Morgan fingerprint density at radius 3 is 2.81 bits per heavy atom. The molecule has 1 heterocycles. The summed E-state index contributed by atoms with van der Waals surface area (Å²) >= 11 is 5.97. The summed E-state index contributed by atoms with van der Waals surface area (Å²) in [4.78, 5) is 15.7. The van der Waals surface area contributed by atoms with Gasteiger partial charge >= 0.3 is 5.97 Å². The van der Waals surface area contributed by atoms with Crippen LogP contribution in [0.25, 0.3) is 10.9 Å². The Morgan fingerprint density at radius 2 is 2.12 bits per heavy atom. The fraction of sp³-hybridized carbons (Fsp3) is 0.167. The van der Waals surface area contributed by atoms with E-state index in [1.54, 1.807) is 24.3 Å². The number of aromatic nitrogens is 1. The lowest BCUT2D eigenvalue weighted by atomic mass is 10.1. The molecule has 0 saturated carbocycles. The van der Waals surface area contributed by atoms with Crippen LogP contribution >= 0.6 is 11.6 Å². The Morgan fingerprint density at radius 1 is 1.38 bits per heavy atom. The number of hydrogen-bond acceptors (Lipinski definition) is 3. The van der Waals surface area contributed by atoms with E-state index in [0.29, 0.717) is 10.6 Å². The molecule has 0 saturated heterocycles. The van der Waals surface area contributed by atoms with E-state index in [1.807, 2.05) is 6.92 Å². The normalized spacial score (nSPS) is 10.4. The number of carbonyl (C=O) groups excluding carboxylic acids is 1. The molecule has 0 bridgehead atoms. The van der Waals surface area contributed by atoms with Crippen LogP contribution in [0, 0.1) is 6.92 Å². The second-order valence-electron chi connectivity index (χ2n) is 3.45. The minimum atomic E-state index is -0.362. The van der Waals surface area contributed by atoms with Crippen LogP contribution in [-0.4, -0.2) is 18.1 Å². The Hall–Kier alpha value is -1.61. The van der Waals surface area contributed by atoms with E-state index in [-0.39, 0.29) is 5.97 Å². The molecule has 2 aromatic rings. The van der Waals surface area contributed by atoms with Crippen LogP contribution in [-0.2, 0) is 4.74 Å². The molecule has 1 aromatic carbocycles. The third-order valence-corrected chi connectivity index (χ3v) is 2.75. The standard InChI is InChI=1S/C12H10ClNO2/c1-7-10(13)6-9-5-8(12(15)16-2)3-4-11(9)14-7/h3-6H,1-2H3. The number of ether oxygens (including phenoxy) is 1. The van der Waals surface area contributed by atoms with E-state index in [9.17, 15) is 4.79 Å². The lowest BCUT2D eigenvalue weighted by molar-refractivity contribution is 0.0601. The molecule has 4 heteroatoms. The molecule has 0 fully saturated rings. The fourth-order valence-corrected chi connectivity index (χ4v) is 1.65. The van der Waals surface area contributed by atoms with Crippen molar-refractivity contribution in [3.05, 3.63) is 40.5 Å². The monoisotopic (exact) mass is 235 g/mol. The third-order valence-electron chi connectivity index (χ3n) is 2.36. The summed E-state index contributed by atoms with van der Waals surface area (Å²) in [5, 5.41) is 1.42. The minimum absolute atomic E-state index is 0.362. The summed E-state index contributed by atoms with van der Waals surface area (Å²) in [6.45, 7) is 1.84. The van der Waals surface area contributed by atoms with Gasteiger partial charge in [0.25, 0.3) is 0 Å². The SMILES string of the molecule is COC(=O)c1ccc2nc(C)c(Cl)cc2c1. The quantitative estimate of drug-likeness (QED) is 0.714. The average Bonchev–Trinajstić information content (AvgIpc) is 2.29. The van der Waals surface area contributed by atoms with Crippen LogP contribution in [0.5, 0.6) is 0 Å². The second-order valence-corrected chi connectivity index (χ2v) is 3.86. The lowest BCUT2D eigenvalue weighted by Gasteiger charge is -2.03. The summed E-state index contributed by atoms with van der Waals surface area (Å²) in [6.07, 6.45) is 0. The number of aryl methyl sites for hydroxylation is 1. The number of methoxy groups -OCH3 is 1. The molecule has 0 amide bonds. The van der Waals surface area contributed by atoms with Crippen LogP contribution in [0.15, 0.2) is 24.3 Å². The molecule has 82 valence electrons. The largest absolute Gasteiger partial charge is 0.465 e. The van der Waals surface area contributed by atoms with Crippen LogP contribution in [0.1, 0.15) is 16.1 Å². The summed E-state index contributed by atoms with van der Waals surface area (Å²) in [7, 11) is 1.35. The topological polar surface area (TPSA) is 39.2 Å². The number of halogens is 1. The number of pyridine rings is 1. The average molecular weight is 236 g/mol. The van der Waals surface area contributed by atoms with E-state index in [0.717, 1.165) is 16.6 Å². The molecule has 16 heavy (non-hydrogen) atoms. The summed E-state index contributed by atoms with van der Waals surface area (Å²) < 4.78 is 4.65. The minimum Gasteiger partial charge on any atom is -0.465 e. The highest BCUT2D eigenvalue weighted by molar-refractivity contribution is 6.31. The predicted octanol–water partition coefficient (Wildman–Crippen LogP) is 2.98. The van der Waals surface area contributed by atoms with Crippen LogP contribution in [0.3, 0.4) is 0 Å². The Labute approximate surface area is 98.0 Å². The van der Waals surface area contributed by atoms with Crippen LogP contribution < -0.4 is 0 Å². The molecule has 0 N–H and O–H groups in total. The number of fused-ring (bicyclic) bond motifs is 1. The highest BCUT2D eigenvalue weighted by Crippen LogP contribution is 2.21. The number of hydrogen-bond donors (Lipinski definition) is 0. The first kappa shape index (κ1) is 10.9. The molecule has 0 radical (unpaired) electrons. The predicted molar refractivity (Wildman–Crippen MR) is 62.8 cm³/mol. The molecule has 1 aromatic heterocycles. The molecular formula is C12H10ClNO2. The van der Waals surface area contributed by atoms with Gasteiger partial charge in [-0.3, -0.25) is 4.98 Å². The summed E-state index contributed by atoms with van der Waals surface area (Å²) in [6, 6.07) is 6.99. The van der Waals surface area contributed by atoms with Gasteiger partial charge in [-0.1, -0.05) is 11.6 Å². The maximum absolute atomic E-state index is 11.3. The number of benzene rings is 1. The molecule has 0 atom stereocenters. The highest BCUT2D eigenvalue weighted by Gasteiger charge is 2.07. The molecule has 0 spiro atoms. The van der Waals surface area contributed by atoms with Gasteiger partial charge < -0.3 is 4.74 Å². The van der Waals surface area contributed by atoms with Gasteiger partial charge in [-0.2, -0.15) is 0 Å². The van der Waals surface area contributed by atoms with Gasteiger partial charge in [0.2, 0.25) is 0 Å². The summed E-state index contributed by atoms with van der Waals surface area (Å²) in [5.41, 5.74) is 2.09. The molecule has 0 aliphatic heterocycles. The fourth-order valence-electron chi connectivity index (χ4n) is 1.49. The van der Waals surface area contributed by atoms with Crippen molar-refractivity contribution in [2.45, 2.75) is 6.92 Å². The Balaban J connectivity index is 2.62. The first-order valence-corrected chi connectivity index (χ1v) is 5.15. The second kappa shape index (κ2) is 4.10. The van der Waals surface area contributed by atoms with Crippen molar-refractivity contribution < 1.29 is 9.53 Å². The highest BCUT2D eigenvalue weighted by atomic mass is 35.5. The zero-order valence-corrected chi connectivity index (χ0v) is 9.71. The van der Waals surface area contributed by atoms with Gasteiger partial charge in [0.15, 0.2) is 0 Å². The number of carbonyl (C=O) groups is 1. The van der Waals surface area contributed by atoms with E-state index in [4.69, 9.17) is 11.6 Å². The Bertz CT molecular complexity index is 566. The molecular weight excluding hydrogens is 226 g/mol. The Kier molecular flexibility index (Phi) is 2.79. The van der Waals surface area contributed by atoms with Gasteiger partial charge in [-0.05, 0) is 31.2 Å². The van der Waals surface area contributed by atoms with E-state index in [1.165, 1.54) is 7.11 Å². The van der Waals surface area contributed by atoms with Gasteiger partial charge in [0, 0.05) is 5.39 Å².